The summed E-state index contributed by atoms with van der Waals surface area (Å²) in [5.41, 5.74) is 0. The van der Waals surface area contributed by atoms with E-state index in [0.29, 0.717) is 12.6 Å². The molecule has 1 heterocycles. The molecule has 0 aromatic heterocycles. The number of β-amino-alcohol motifs (C(OH)–C–C–N with tert-alkyl or cyclic N) is 1. The number of hydrogen-bond donors (Lipinski definition) is 1. The van der Waals surface area contributed by atoms with Crippen LogP contribution in [0.15, 0.2) is 12.2 Å². The van der Waals surface area contributed by atoms with Crippen LogP contribution in [0.4, 0.5) is 0 Å². The first kappa shape index (κ1) is 13.1. The summed E-state index contributed by atoms with van der Waals surface area (Å²) in [5.74, 6) is 0. The Morgan fingerprint density at radius 3 is 2.65 bits per heavy atom. The summed E-state index contributed by atoms with van der Waals surface area (Å²) in [5, 5.41) is 8.94. The first-order valence-corrected chi connectivity index (χ1v) is 7.14. The molecule has 1 aliphatic heterocycles. The number of hydrogen-bond acceptors (Lipinski definition) is 3. The van der Waals surface area contributed by atoms with E-state index < -0.39 is 0 Å². The number of piperazine rings is 1. The fraction of sp³-hybridized carbons (Fsp3) is 0.857. The normalized spacial score (nSPS) is 30.8. The predicted molar refractivity (Wildman–Crippen MR) is 71.1 cm³/mol. The zero-order valence-corrected chi connectivity index (χ0v) is 10.9. The smallest absolute Gasteiger partial charge is 0.0558 e. The van der Waals surface area contributed by atoms with Crippen LogP contribution in [0.25, 0.3) is 0 Å². The second kappa shape index (κ2) is 7.14. The van der Waals surface area contributed by atoms with Gasteiger partial charge in [0.25, 0.3) is 0 Å². The molecule has 1 saturated heterocycles. The molecule has 1 N–H and O–H groups in total. The minimum atomic E-state index is 0.295. The van der Waals surface area contributed by atoms with Crippen molar-refractivity contribution >= 4 is 0 Å². The van der Waals surface area contributed by atoms with Crippen molar-refractivity contribution in [2.45, 2.75) is 38.1 Å². The van der Waals surface area contributed by atoms with E-state index in [1.165, 1.54) is 32.1 Å². The standard InChI is InChI=1S/C14H26N2O/c17-13-12-15-8-10-16(11-9-15)14-6-4-2-1-3-5-7-14/h4,6,14,17H,1-3,5,7-13H2/b6-4+. The topological polar surface area (TPSA) is 26.7 Å². The molecule has 2 rings (SSSR count). The summed E-state index contributed by atoms with van der Waals surface area (Å²) in [7, 11) is 0. The molecule has 98 valence electrons. The van der Waals surface area contributed by atoms with Gasteiger partial charge in [-0.1, -0.05) is 25.0 Å². The summed E-state index contributed by atoms with van der Waals surface area (Å²) >= 11 is 0. The van der Waals surface area contributed by atoms with Crippen LogP contribution in [0.2, 0.25) is 0 Å². The molecule has 0 bridgehead atoms. The van der Waals surface area contributed by atoms with Gasteiger partial charge in [0.2, 0.25) is 0 Å². The van der Waals surface area contributed by atoms with Gasteiger partial charge in [-0.05, 0) is 19.3 Å². The molecule has 0 radical (unpaired) electrons. The van der Waals surface area contributed by atoms with Crippen LogP contribution in [0.1, 0.15) is 32.1 Å². The summed E-state index contributed by atoms with van der Waals surface area (Å²) in [6, 6.07) is 0.673. The minimum Gasteiger partial charge on any atom is -0.395 e. The SMILES string of the molecule is OCCN1CCN(C2/C=C/CCCCC2)CC1. The van der Waals surface area contributed by atoms with Crippen molar-refractivity contribution in [3.8, 4) is 0 Å². The number of allylic oxidation sites excluding steroid dienone is 1. The van der Waals surface area contributed by atoms with Crippen LogP contribution >= 0.6 is 0 Å². The molecular formula is C14H26N2O. The molecule has 0 aromatic rings. The maximum atomic E-state index is 8.94. The summed E-state index contributed by atoms with van der Waals surface area (Å²) < 4.78 is 0. The van der Waals surface area contributed by atoms with E-state index in [2.05, 4.69) is 22.0 Å². The molecular weight excluding hydrogens is 212 g/mol. The molecule has 0 spiro atoms. The Kier molecular flexibility index (Phi) is 5.49. The number of aliphatic hydroxyl groups excluding tert-OH is 1. The fourth-order valence-electron chi connectivity index (χ4n) is 2.91. The van der Waals surface area contributed by atoms with Gasteiger partial charge in [-0.3, -0.25) is 9.80 Å². The molecule has 1 fully saturated rings. The van der Waals surface area contributed by atoms with Crippen molar-refractivity contribution in [3.05, 3.63) is 12.2 Å². The van der Waals surface area contributed by atoms with Crippen molar-refractivity contribution in [1.82, 2.24) is 9.80 Å². The van der Waals surface area contributed by atoms with E-state index in [1.807, 2.05) is 0 Å². The average molecular weight is 238 g/mol. The van der Waals surface area contributed by atoms with Crippen LogP contribution in [-0.2, 0) is 0 Å². The minimum absolute atomic E-state index is 0.295. The highest BCUT2D eigenvalue weighted by Crippen LogP contribution is 2.17. The lowest BCUT2D eigenvalue weighted by Gasteiger charge is -2.38. The monoisotopic (exact) mass is 238 g/mol. The van der Waals surface area contributed by atoms with Crippen LogP contribution in [0.5, 0.6) is 0 Å². The van der Waals surface area contributed by atoms with Crippen molar-refractivity contribution in [2.75, 3.05) is 39.3 Å². The van der Waals surface area contributed by atoms with Gasteiger partial charge in [-0.2, -0.15) is 0 Å². The maximum absolute atomic E-state index is 8.94. The number of nitrogens with zero attached hydrogens (tertiary/aromatic N) is 2. The van der Waals surface area contributed by atoms with E-state index >= 15 is 0 Å². The molecule has 1 unspecified atom stereocenters. The Bertz CT molecular complexity index is 234. The zero-order valence-electron chi connectivity index (χ0n) is 10.9. The van der Waals surface area contributed by atoms with Crippen LogP contribution in [0.3, 0.4) is 0 Å². The third-order valence-corrected chi connectivity index (χ3v) is 4.02. The van der Waals surface area contributed by atoms with Gasteiger partial charge in [0, 0.05) is 38.8 Å². The first-order chi connectivity index (χ1) is 8.40. The molecule has 1 aliphatic carbocycles. The Balaban J connectivity index is 1.80. The van der Waals surface area contributed by atoms with Gasteiger partial charge in [0.15, 0.2) is 0 Å². The Morgan fingerprint density at radius 1 is 1.06 bits per heavy atom. The average Bonchev–Trinajstić information content (AvgIpc) is 2.30. The lowest BCUT2D eigenvalue weighted by molar-refractivity contribution is 0.0929. The highest BCUT2D eigenvalue weighted by atomic mass is 16.3. The molecule has 3 heteroatoms. The van der Waals surface area contributed by atoms with Crippen molar-refractivity contribution in [3.63, 3.8) is 0 Å². The predicted octanol–water partition coefficient (Wildman–Crippen LogP) is 1.49. The van der Waals surface area contributed by atoms with E-state index in [-0.39, 0.29) is 0 Å². The molecule has 17 heavy (non-hydrogen) atoms. The molecule has 3 nitrogen and oxygen atoms in total. The fourth-order valence-corrected chi connectivity index (χ4v) is 2.91. The van der Waals surface area contributed by atoms with Crippen molar-refractivity contribution < 1.29 is 5.11 Å². The molecule has 2 aliphatic rings. The Hall–Kier alpha value is -0.380. The van der Waals surface area contributed by atoms with Gasteiger partial charge in [-0.15, -0.1) is 0 Å². The van der Waals surface area contributed by atoms with E-state index in [1.54, 1.807) is 0 Å². The number of rotatable bonds is 3. The largest absolute Gasteiger partial charge is 0.395 e. The third-order valence-electron chi connectivity index (χ3n) is 4.02. The van der Waals surface area contributed by atoms with Gasteiger partial charge in [-0.25, -0.2) is 0 Å². The second-order valence-corrected chi connectivity index (χ2v) is 5.23. The Morgan fingerprint density at radius 2 is 1.88 bits per heavy atom. The van der Waals surface area contributed by atoms with Gasteiger partial charge >= 0.3 is 0 Å². The number of aliphatic hydroxyl groups is 1. The highest BCUT2D eigenvalue weighted by Gasteiger charge is 2.21. The third kappa shape index (κ3) is 4.09. The zero-order chi connectivity index (χ0) is 11.9. The summed E-state index contributed by atoms with van der Waals surface area (Å²) in [6.45, 7) is 5.69. The van der Waals surface area contributed by atoms with Crippen LogP contribution in [-0.4, -0.2) is 60.3 Å². The molecule has 0 saturated carbocycles. The molecule has 0 amide bonds. The van der Waals surface area contributed by atoms with Gasteiger partial charge in [0.1, 0.15) is 0 Å². The summed E-state index contributed by atoms with van der Waals surface area (Å²) in [4.78, 5) is 4.98. The van der Waals surface area contributed by atoms with E-state index in [4.69, 9.17) is 5.11 Å². The van der Waals surface area contributed by atoms with Crippen LogP contribution < -0.4 is 0 Å². The van der Waals surface area contributed by atoms with Gasteiger partial charge in [0.05, 0.1) is 6.61 Å². The quantitative estimate of drug-likeness (QED) is 0.755. The molecule has 0 aromatic carbocycles. The van der Waals surface area contributed by atoms with Crippen molar-refractivity contribution in [1.29, 1.82) is 0 Å². The van der Waals surface area contributed by atoms with E-state index in [0.717, 1.165) is 32.7 Å². The first-order valence-electron chi connectivity index (χ1n) is 7.14. The van der Waals surface area contributed by atoms with E-state index in [9.17, 15) is 0 Å². The highest BCUT2D eigenvalue weighted by molar-refractivity contribution is 4.97. The maximum Gasteiger partial charge on any atom is 0.0558 e. The lowest BCUT2D eigenvalue weighted by atomic mass is 10.0. The Labute approximate surface area is 105 Å². The summed E-state index contributed by atoms with van der Waals surface area (Å²) in [6.07, 6.45) is 11.5. The molecule has 1 atom stereocenters. The van der Waals surface area contributed by atoms with Gasteiger partial charge < -0.3 is 5.11 Å². The second-order valence-electron chi connectivity index (χ2n) is 5.23. The lowest BCUT2D eigenvalue weighted by Crippen LogP contribution is -2.50. The van der Waals surface area contributed by atoms with Crippen molar-refractivity contribution in [2.24, 2.45) is 0 Å². The van der Waals surface area contributed by atoms with Crippen LogP contribution in [0, 0.1) is 0 Å².